The molecule has 1 aromatic heterocycles. The van der Waals surface area contributed by atoms with E-state index in [4.69, 9.17) is 14.8 Å². The minimum absolute atomic E-state index is 0.139. The van der Waals surface area contributed by atoms with Crippen LogP contribution in [0.25, 0.3) is 5.70 Å². The van der Waals surface area contributed by atoms with Gasteiger partial charge in [0.05, 0.1) is 5.70 Å². The van der Waals surface area contributed by atoms with Crippen molar-refractivity contribution in [1.29, 1.82) is 0 Å². The van der Waals surface area contributed by atoms with Gasteiger partial charge in [-0.3, -0.25) is 0 Å². The molecule has 1 N–H and O–H groups in total. The van der Waals surface area contributed by atoms with E-state index in [-0.39, 0.29) is 12.1 Å². The second kappa shape index (κ2) is 8.06. The maximum atomic E-state index is 6.74. The van der Waals surface area contributed by atoms with E-state index in [1.54, 1.807) is 11.8 Å². The van der Waals surface area contributed by atoms with Gasteiger partial charge in [0.25, 0.3) is 0 Å². The van der Waals surface area contributed by atoms with Crippen LogP contribution in [0.2, 0.25) is 0 Å². The number of hydrogen-bond acceptors (Lipinski definition) is 5. The number of anilines is 1. The smallest absolute Gasteiger partial charge is 0.227 e. The number of rotatable bonds is 3. The maximum absolute atomic E-state index is 6.74. The minimum atomic E-state index is -0.250. The summed E-state index contributed by atoms with van der Waals surface area (Å²) in [5.41, 5.74) is 9.21. The Balaban J connectivity index is 1.63. The van der Waals surface area contributed by atoms with Gasteiger partial charge in [0.1, 0.15) is 17.9 Å². The fraction of sp³-hybridized carbons (Fsp3) is 0.214. The highest BCUT2D eigenvalue weighted by Gasteiger charge is 2.41. The first-order chi connectivity index (χ1) is 16.5. The molecule has 0 radical (unpaired) electrons. The number of aryl methyl sites for hydroxylation is 3. The highest BCUT2D eigenvalue weighted by molar-refractivity contribution is 7.98. The summed E-state index contributed by atoms with van der Waals surface area (Å²) >= 11 is 1.55. The minimum Gasteiger partial charge on any atom is -0.480 e. The topological polar surface area (TPSA) is 52.0 Å². The molecule has 3 aromatic carbocycles. The first-order valence-electron chi connectivity index (χ1n) is 11.4. The van der Waals surface area contributed by atoms with Crippen LogP contribution >= 0.6 is 11.8 Å². The Kier molecular flexibility index (Phi) is 4.99. The monoisotopic (exact) mass is 466 g/mol. The van der Waals surface area contributed by atoms with Crippen LogP contribution in [-0.4, -0.2) is 21.0 Å². The number of benzene rings is 3. The lowest BCUT2D eigenvalue weighted by atomic mass is 9.84. The summed E-state index contributed by atoms with van der Waals surface area (Å²) in [7, 11) is 0. The van der Waals surface area contributed by atoms with Gasteiger partial charge < -0.3 is 10.1 Å². The molecule has 0 aliphatic carbocycles. The Hall–Kier alpha value is -3.51. The van der Waals surface area contributed by atoms with Gasteiger partial charge in [-0.2, -0.15) is 4.98 Å². The molecule has 4 aromatic rings. The van der Waals surface area contributed by atoms with Crippen LogP contribution in [0, 0.1) is 20.8 Å². The molecule has 0 unspecified atom stereocenters. The maximum Gasteiger partial charge on any atom is 0.227 e. The van der Waals surface area contributed by atoms with Crippen molar-refractivity contribution in [3.05, 3.63) is 106 Å². The van der Waals surface area contributed by atoms with Gasteiger partial charge >= 0.3 is 0 Å². The van der Waals surface area contributed by atoms with Crippen molar-refractivity contribution in [2.75, 3.05) is 11.6 Å². The lowest BCUT2D eigenvalue weighted by Gasteiger charge is -2.39. The zero-order valence-corrected chi connectivity index (χ0v) is 20.5. The third-order valence-electron chi connectivity index (χ3n) is 6.56. The predicted molar refractivity (Wildman–Crippen MR) is 137 cm³/mol. The third kappa shape index (κ3) is 3.41. The van der Waals surface area contributed by atoms with E-state index < -0.39 is 0 Å². The van der Waals surface area contributed by atoms with Crippen LogP contribution in [0.3, 0.4) is 0 Å². The Bertz CT molecular complexity index is 1420. The van der Waals surface area contributed by atoms with Gasteiger partial charge in [-0.25, -0.2) is 4.68 Å². The lowest BCUT2D eigenvalue weighted by Crippen LogP contribution is -2.32. The van der Waals surface area contributed by atoms with E-state index in [2.05, 4.69) is 92.8 Å². The average Bonchev–Trinajstić information content (AvgIpc) is 3.27. The summed E-state index contributed by atoms with van der Waals surface area (Å²) in [5, 5.41) is 9.25. The Morgan fingerprint density at radius 3 is 2.18 bits per heavy atom. The number of nitrogens with one attached hydrogen (secondary N) is 1. The highest BCUT2D eigenvalue weighted by atomic mass is 32.2. The normalized spacial score (nSPS) is 18.5. The average molecular weight is 467 g/mol. The molecule has 5 nitrogen and oxygen atoms in total. The molecule has 2 aliphatic heterocycles. The van der Waals surface area contributed by atoms with Gasteiger partial charge in [0.15, 0.2) is 0 Å². The van der Waals surface area contributed by atoms with Crippen LogP contribution < -0.4 is 10.1 Å². The second-order valence-electron chi connectivity index (χ2n) is 9.04. The van der Waals surface area contributed by atoms with Crippen molar-refractivity contribution in [2.45, 2.75) is 38.1 Å². The number of aromatic nitrogens is 3. The molecule has 0 bridgehead atoms. The van der Waals surface area contributed by atoms with Crippen LogP contribution in [0.5, 0.6) is 5.75 Å². The molecule has 0 saturated carbocycles. The number of nitrogens with zero attached hydrogens (tertiary/aromatic N) is 3. The molecule has 170 valence electrons. The molecule has 6 rings (SSSR count). The summed E-state index contributed by atoms with van der Waals surface area (Å²) in [6.07, 6.45) is 1.76. The SMILES string of the molecule is CSc1nc2n(n1)[C@H](c1ccc(C)cc1)C1=C(N2)c2cc(C)ccc2O[C@H]1c1ccc(C)cc1. The molecule has 0 spiro atoms. The third-order valence-corrected chi connectivity index (χ3v) is 7.10. The van der Waals surface area contributed by atoms with Gasteiger partial charge in [-0.15, -0.1) is 5.10 Å². The molecular formula is C28H26N4OS. The van der Waals surface area contributed by atoms with Gasteiger partial charge in [-0.05, 0) is 50.3 Å². The summed E-state index contributed by atoms with van der Waals surface area (Å²) in [5.74, 6) is 1.63. The summed E-state index contributed by atoms with van der Waals surface area (Å²) in [4.78, 5) is 4.79. The van der Waals surface area contributed by atoms with Crippen LogP contribution in [0.4, 0.5) is 5.95 Å². The predicted octanol–water partition coefficient (Wildman–Crippen LogP) is 6.49. The van der Waals surface area contributed by atoms with Gasteiger partial charge in [0.2, 0.25) is 11.1 Å². The number of fused-ring (bicyclic) bond motifs is 3. The van der Waals surface area contributed by atoms with Crippen LogP contribution in [0.15, 0.2) is 77.5 Å². The fourth-order valence-electron chi connectivity index (χ4n) is 4.80. The number of ether oxygens (including phenoxy) is 1. The molecule has 2 atom stereocenters. The van der Waals surface area contributed by atoms with Crippen LogP contribution in [0.1, 0.15) is 45.5 Å². The Labute approximate surface area is 203 Å². The largest absolute Gasteiger partial charge is 0.480 e. The molecule has 0 fully saturated rings. The fourth-order valence-corrected chi connectivity index (χ4v) is 5.14. The van der Waals surface area contributed by atoms with E-state index >= 15 is 0 Å². The molecule has 34 heavy (non-hydrogen) atoms. The molecule has 0 saturated heterocycles. The highest BCUT2D eigenvalue weighted by Crippen LogP contribution is 2.51. The molecule has 3 heterocycles. The summed E-state index contributed by atoms with van der Waals surface area (Å²) in [6, 6.07) is 23.6. The van der Waals surface area contributed by atoms with Gasteiger partial charge in [-0.1, -0.05) is 83.0 Å². The van der Waals surface area contributed by atoms with Crippen molar-refractivity contribution in [3.63, 3.8) is 0 Å². The van der Waals surface area contributed by atoms with Crippen molar-refractivity contribution in [2.24, 2.45) is 0 Å². The van der Waals surface area contributed by atoms with E-state index in [9.17, 15) is 0 Å². The second-order valence-corrected chi connectivity index (χ2v) is 9.82. The molecule has 0 amide bonds. The first-order valence-corrected chi connectivity index (χ1v) is 12.7. The quantitative estimate of drug-likeness (QED) is 0.350. The first kappa shape index (κ1) is 21.1. The zero-order valence-electron chi connectivity index (χ0n) is 19.7. The summed E-state index contributed by atoms with van der Waals surface area (Å²) in [6.45, 7) is 6.33. The van der Waals surface area contributed by atoms with E-state index in [0.29, 0.717) is 0 Å². The number of thioether (sulfide) groups is 1. The van der Waals surface area contributed by atoms with E-state index in [0.717, 1.165) is 44.8 Å². The molecule has 6 heteroatoms. The number of hydrogen-bond donors (Lipinski definition) is 1. The standard InChI is InChI=1S/C28H26N4OS/c1-16-5-10-19(11-6-16)25-23-24(29-27-30-28(34-4)31-32(25)27)21-15-18(3)9-14-22(21)33-26(23)20-12-7-17(2)8-13-20/h5-15,25-26H,1-4H3,(H,29,30,31)/t25-,26+/m1/s1. The van der Waals surface area contributed by atoms with E-state index in [1.807, 2.05) is 10.9 Å². The Morgan fingerprint density at radius 2 is 1.50 bits per heavy atom. The Morgan fingerprint density at radius 1 is 0.853 bits per heavy atom. The van der Waals surface area contributed by atoms with Crippen molar-refractivity contribution < 1.29 is 4.74 Å². The molecular weight excluding hydrogens is 440 g/mol. The van der Waals surface area contributed by atoms with Crippen molar-refractivity contribution >= 4 is 23.4 Å². The van der Waals surface area contributed by atoms with Crippen molar-refractivity contribution in [1.82, 2.24) is 14.8 Å². The van der Waals surface area contributed by atoms with Crippen LogP contribution in [-0.2, 0) is 0 Å². The molecule has 2 aliphatic rings. The van der Waals surface area contributed by atoms with Gasteiger partial charge in [0, 0.05) is 11.1 Å². The van der Waals surface area contributed by atoms with E-state index in [1.165, 1.54) is 16.7 Å². The zero-order chi connectivity index (χ0) is 23.4. The summed E-state index contributed by atoms with van der Waals surface area (Å²) < 4.78 is 8.76. The van der Waals surface area contributed by atoms with Crippen molar-refractivity contribution in [3.8, 4) is 5.75 Å². The lowest BCUT2D eigenvalue weighted by molar-refractivity contribution is 0.223.